The predicted octanol–water partition coefficient (Wildman–Crippen LogP) is 3.49. The van der Waals surface area contributed by atoms with E-state index in [9.17, 15) is 14.0 Å². The largest absolute Gasteiger partial charge is 0.468 e. The molecule has 0 spiro atoms. The van der Waals surface area contributed by atoms with Crippen LogP contribution in [-0.4, -0.2) is 24.3 Å². The Morgan fingerprint density at radius 2 is 2.27 bits per heavy atom. The Balaban J connectivity index is 2.06. The number of hydrogen-bond acceptors (Lipinski definition) is 4. The van der Waals surface area contributed by atoms with E-state index in [1.807, 2.05) is 0 Å². The lowest BCUT2D eigenvalue weighted by Crippen LogP contribution is -2.14. The van der Waals surface area contributed by atoms with Gasteiger partial charge in [0.15, 0.2) is 0 Å². The van der Waals surface area contributed by atoms with Crippen molar-refractivity contribution in [3.63, 3.8) is 0 Å². The summed E-state index contributed by atoms with van der Waals surface area (Å²) < 4.78 is 18.7. The number of methoxy groups -OCH3 is 1. The molecule has 0 aliphatic rings. The third-order valence-electron chi connectivity index (χ3n) is 3.48. The number of carbonyl (C=O) groups excluding carboxylic acids is 2. The highest BCUT2D eigenvalue weighted by atomic mass is 32.1. The van der Waals surface area contributed by atoms with E-state index < -0.39 is 11.9 Å². The molecule has 3 rings (SSSR count). The first-order chi connectivity index (χ1) is 10.7. The number of ether oxygens (including phenoxy) is 1. The number of nitrogens with one attached hydrogen (secondary N) is 1. The summed E-state index contributed by atoms with van der Waals surface area (Å²) in [6.45, 7) is 0. The second-order valence-corrected chi connectivity index (χ2v) is 5.68. The Morgan fingerprint density at radius 1 is 1.45 bits per heavy atom. The molecule has 0 saturated heterocycles. The molecule has 0 aliphatic carbocycles. The zero-order valence-corrected chi connectivity index (χ0v) is 12.4. The molecule has 2 heterocycles. The summed E-state index contributed by atoms with van der Waals surface area (Å²) in [5.41, 5.74) is 2.15. The molecule has 1 aromatic carbocycles. The Hall–Kier alpha value is -2.47. The van der Waals surface area contributed by atoms with Crippen molar-refractivity contribution < 1.29 is 18.7 Å². The zero-order chi connectivity index (χ0) is 15.7. The fraction of sp³-hybridized carbons (Fsp3) is 0.125. The van der Waals surface area contributed by atoms with Gasteiger partial charge in [0.1, 0.15) is 18.0 Å². The molecule has 112 valence electrons. The van der Waals surface area contributed by atoms with Gasteiger partial charge >= 0.3 is 5.97 Å². The van der Waals surface area contributed by atoms with E-state index in [4.69, 9.17) is 0 Å². The van der Waals surface area contributed by atoms with Crippen molar-refractivity contribution in [3.8, 4) is 11.1 Å². The van der Waals surface area contributed by atoms with Crippen LogP contribution in [0.2, 0.25) is 0 Å². The lowest BCUT2D eigenvalue weighted by atomic mass is 10.0. The van der Waals surface area contributed by atoms with Crippen molar-refractivity contribution in [1.29, 1.82) is 0 Å². The van der Waals surface area contributed by atoms with E-state index in [-0.39, 0.29) is 5.82 Å². The third kappa shape index (κ3) is 2.31. The van der Waals surface area contributed by atoms with Crippen LogP contribution < -0.4 is 0 Å². The minimum absolute atomic E-state index is 0.318. The van der Waals surface area contributed by atoms with Gasteiger partial charge in [0.2, 0.25) is 0 Å². The van der Waals surface area contributed by atoms with Crippen LogP contribution in [0.5, 0.6) is 0 Å². The van der Waals surface area contributed by atoms with Crippen molar-refractivity contribution >= 4 is 34.5 Å². The summed E-state index contributed by atoms with van der Waals surface area (Å²) in [4.78, 5) is 26.3. The maximum atomic E-state index is 14.0. The number of aldehydes is 1. The van der Waals surface area contributed by atoms with E-state index >= 15 is 0 Å². The highest BCUT2D eigenvalue weighted by Crippen LogP contribution is 2.35. The highest BCUT2D eigenvalue weighted by molar-refractivity contribution is 7.10. The number of rotatable bonds is 4. The van der Waals surface area contributed by atoms with E-state index in [0.717, 1.165) is 5.56 Å². The summed E-state index contributed by atoms with van der Waals surface area (Å²) in [6.07, 6.45) is 2.27. The lowest BCUT2D eigenvalue weighted by Gasteiger charge is -2.04. The molecule has 22 heavy (non-hydrogen) atoms. The molecule has 0 radical (unpaired) electrons. The average molecular weight is 317 g/mol. The minimum atomic E-state index is -0.946. The number of aromatic amines is 1. The summed E-state index contributed by atoms with van der Waals surface area (Å²) in [5, 5.41) is 2.29. The fourth-order valence-corrected chi connectivity index (χ4v) is 3.34. The van der Waals surface area contributed by atoms with Crippen LogP contribution in [0.25, 0.3) is 22.0 Å². The molecule has 4 nitrogen and oxygen atoms in total. The number of H-pyrrole nitrogens is 1. The maximum Gasteiger partial charge on any atom is 0.321 e. The van der Waals surface area contributed by atoms with Gasteiger partial charge in [0.25, 0.3) is 0 Å². The van der Waals surface area contributed by atoms with Crippen molar-refractivity contribution in [2.45, 2.75) is 5.92 Å². The summed E-state index contributed by atoms with van der Waals surface area (Å²) >= 11 is 1.27. The molecular formula is C16H12FNO3S. The fourth-order valence-electron chi connectivity index (χ4n) is 2.39. The first-order valence-corrected chi connectivity index (χ1v) is 7.41. The van der Waals surface area contributed by atoms with E-state index in [1.54, 1.807) is 29.8 Å². The molecule has 6 heteroatoms. The minimum Gasteiger partial charge on any atom is -0.468 e. The van der Waals surface area contributed by atoms with Crippen LogP contribution in [0.1, 0.15) is 10.8 Å². The number of hydrogen-bond donors (Lipinski definition) is 1. The van der Waals surface area contributed by atoms with E-state index in [1.165, 1.54) is 24.5 Å². The molecule has 0 bridgehead atoms. The third-order valence-corrected chi connectivity index (χ3v) is 4.50. The number of esters is 1. The van der Waals surface area contributed by atoms with Gasteiger partial charge in [-0.25, -0.2) is 4.39 Å². The number of halogens is 1. The lowest BCUT2D eigenvalue weighted by molar-refractivity contribution is -0.143. The van der Waals surface area contributed by atoms with Crippen molar-refractivity contribution in [3.05, 3.63) is 46.5 Å². The monoisotopic (exact) mass is 317 g/mol. The van der Waals surface area contributed by atoms with Crippen LogP contribution >= 0.6 is 11.3 Å². The smallest absolute Gasteiger partial charge is 0.321 e. The number of benzene rings is 1. The van der Waals surface area contributed by atoms with Gasteiger partial charge in [-0.05, 0) is 29.1 Å². The van der Waals surface area contributed by atoms with Crippen LogP contribution in [0.4, 0.5) is 4.39 Å². The molecule has 2 aromatic heterocycles. The highest BCUT2D eigenvalue weighted by Gasteiger charge is 2.23. The molecular weight excluding hydrogens is 305 g/mol. The van der Waals surface area contributed by atoms with Gasteiger partial charge in [-0.1, -0.05) is 6.07 Å². The number of carbonyl (C=O) groups is 2. The van der Waals surface area contributed by atoms with Gasteiger partial charge in [0, 0.05) is 27.5 Å². The van der Waals surface area contributed by atoms with Crippen LogP contribution in [0.3, 0.4) is 0 Å². The predicted molar refractivity (Wildman–Crippen MR) is 82.4 cm³/mol. The topological polar surface area (TPSA) is 59.2 Å². The Bertz CT molecular complexity index is 852. The van der Waals surface area contributed by atoms with Crippen molar-refractivity contribution in [2.24, 2.45) is 0 Å². The van der Waals surface area contributed by atoms with Gasteiger partial charge in [-0.15, -0.1) is 11.3 Å². The normalized spacial score (nSPS) is 12.3. The Kier molecular flexibility index (Phi) is 3.77. The van der Waals surface area contributed by atoms with Gasteiger partial charge < -0.3 is 14.5 Å². The molecule has 0 amide bonds. The van der Waals surface area contributed by atoms with Gasteiger partial charge in [0.05, 0.1) is 7.11 Å². The molecule has 0 fully saturated rings. The second-order valence-electron chi connectivity index (χ2n) is 4.74. The van der Waals surface area contributed by atoms with Crippen LogP contribution in [0.15, 0.2) is 35.8 Å². The SMILES string of the molecule is COC(=O)C(C=O)c1cc(-c2c[nH]c3cccc(F)c23)cs1. The average Bonchev–Trinajstić information content (AvgIpc) is 3.15. The quantitative estimate of drug-likeness (QED) is 0.455. The molecule has 3 aromatic rings. The van der Waals surface area contributed by atoms with Crippen molar-refractivity contribution in [2.75, 3.05) is 7.11 Å². The summed E-state index contributed by atoms with van der Waals surface area (Å²) in [6, 6.07) is 6.54. The van der Waals surface area contributed by atoms with E-state index in [0.29, 0.717) is 27.6 Å². The molecule has 1 atom stereocenters. The zero-order valence-electron chi connectivity index (χ0n) is 11.6. The van der Waals surface area contributed by atoms with Crippen LogP contribution in [-0.2, 0) is 14.3 Å². The molecule has 0 aliphatic heterocycles. The molecule has 0 saturated carbocycles. The molecule has 1 unspecified atom stereocenters. The Morgan fingerprint density at radius 3 is 3.00 bits per heavy atom. The maximum absolute atomic E-state index is 14.0. The summed E-state index contributed by atoms with van der Waals surface area (Å²) in [7, 11) is 1.24. The standard InChI is InChI=1S/C16H12FNO3S/c1-21-16(20)11(7-19)14-5-9(8-22-14)10-6-18-13-4-2-3-12(17)15(10)13/h2-8,11,18H,1H3. The van der Waals surface area contributed by atoms with Gasteiger partial charge in [-0.3, -0.25) is 4.79 Å². The number of thiophene rings is 1. The van der Waals surface area contributed by atoms with Crippen molar-refractivity contribution in [1.82, 2.24) is 4.98 Å². The van der Waals surface area contributed by atoms with Crippen LogP contribution in [0, 0.1) is 5.82 Å². The first kappa shape index (κ1) is 14.5. The number of aromatic nitrogens is 1. The van der Waals surface area contributed by atoms with E-state index in [2.05, 4.69) is 9.72 Å². The second kappa shape index (κ2) is 5.73. The molecule has 1 N–H and O–H groups in total. The Labute approximate surface area is 129 Å². The first-order valence-electron chi connectivity index (χ1n) is 6.53. The summed E-state index contributed by atoms with van der Waals surface area (Å²) in [5.74, 6) is -1.87. The van der Waals surface area contributed by atoms with Gasteiger partial charge in [-0.2, -0.15) is 0 Å². The number of fused-ring (bicyclic) bond motifs is 1.